The molecule has 0 bridgehead atoms. The Balaban J connectivity index is 2.29. The third-order valence-corrected chi connectivity index (χ3v) is 3.36. The Bertz CT molecular complexity index is 309. The zero-order chi connectivity index (χ0) is 8.72. The van der Waals surface area contributed by atoms with Gasteiger partial charge in [0, 0.05) is 3.57 Å². The highest BCUT2D eigenvalue weighted by Gasteiger charge is 2.34. The summed E-state index contributed by atoms with van der Waals surface area (Å²) in [7, 11) is 0. The van der Waals surface area contributed by atoms with Crippen molar-refractivity contribution in [2.45, 2.75) is 19.3 Å². The van der Waals surface area contributed by atoms with Crippen molar-refractivity contribution in [3.05, 3.63) is 33.1 Å². The number of benzene rings is 1. The van der Waals surface area contributed by atoms with Crippen LogP contribution < -0.4 is 0 Å². The minimum atomic E-state index is -0.0767. The Hall–Kier alpha value is -0.120. The highest BCUT2D eigenvalue weighted by atomic mass is 127. The third kappa shape index (κ3) is 1.49. The van der Waals surface area contributed by atoms with Crippen molar-refractivity contribution in [1.82, 2.24) is 0 Å². The topological polar surface area (TPSA) is 0 Å². The molecule has 0 aromatic heterocycles. The summed E-state index contributed by atoms with van der Waals surface area (Å²) in [5, 5.41) is 0. The maximum atomic E-state index is 13.1. The van der Waals surface area contributed by atoms with Crippen LogP contribution in [0.2, 0.25) is 0 Å². The van der Waals surface area contributed by atoms with Gasteiger partial charge in [0.1, 0.15) is 5.82 Å². The summed E-state index contributed by atoms with van der Waals surface area (Å²) in [4.78, 5) is 0. The van der Waals surface area contributed by atoms with Crippen molar-refractivity contribution in [1.29, 1.82) is 0 Å². The lowest BCUT2D eigenvalue weighted by Crippen LogP contribution is -1.86. The molecular formula is C10H10FI. The summed E-state index contributed by atoms with van der Waals surface area (Å²) in [6, 6.07) is 5.57. The molecule has 0 heterocycles. The number of hydrogen-bond donors (Lipinski definition) is 0. The Morgan fingerprint density at radius 1 is 1.50 bits per heavy atom. The van der Waals surface area contributed by atoms with Crippen LogP contribution in [0.3, 0.4) is 0 Å². The minimum Gasteiger partial charge on any atom is -0.206 e. The van der Waals surface area contributed by atoms with Gasteiger partial charge in [-0.15, -0.1) is 0 Å². The van der Waals surface area contributed by atoms with Crippen molar-refractivity contribution in [2.24, 2.45) is 5.92 Å². The van der Waals surface area contributed by atoms with E-state index in [9.17, 15) is 4.39 Å². The van der Waals surface area contributed by atoms with Gasteiger partial charge < -0.3 is 0 Å². The van der Waals surface area contributed by atoms with Gasteiger partial charge in [-0.1, -0.05) is 13.0 Å². The molecule has 1 aliphatic rings. The molecule has 1 aromatic rings. The van der Waals surface area contributed by atoms with E-state index in [0.29, 0.717) is 9.49 Å². The number of rotatable bonds is 1. The minimum absolute atomic E-state index is 0.0767. The Morgan fingerprint density at radius 3 is 2.67 bits per heavy atom. The Labute approximate surface area is 85.3 Å². The van der Waals surface area contributed by atoms with Gasteiger partial charge in [-0.2, -0.15) is 0 Å². The highest BCUT2D eigenvalue weighted by Crippen LogP contribution is 2.47. The van der Waals surface area contributed by atoms with Gasteiger partial charge in [0.2, 0.25) is 0 Å². The predicted molar refractivity (Wildman–Crippen MR) is 55.6 cm³/mol. The normalized spacial score (nSPS) is 27.2. The molecule has 1 saturated carbocycles. The van der Waals surface area contributed by atoms with E-state index in [1.54, 1.807) is 6.07 Å². The van der Waals surface area contributed by atoms with Gasteiger partial charge in [0.25, 0.3) is 0 Å². The summed E-state index contributed by atoms with van der Waals surface area (Å²) in [6.07, 6.45) is 1.22. The summed E-state index contributed by atoms with van der Waals surface area (Å²) < 4.78 is 13.8. The van der Waals surface area contributed by atoms with Crippen LogP contribution in [0.15, 0.2) is 18.2 Å². The van der Waals surface area contributed by atoms with Gasteiger partial charge in [-0.25, -0.2) is 4.39 Å². The first kappa shape index (κ1) is 8.48. The SMILES string of the molecule is CC1CC1c1ccc(I)c(F)c1. The first-order valence-corrected chi connectivity index (χ1v) is 5.21. The molecule has 0 amide bonds. The summed E-state index contributed by atoms with van der Waals surface area (Å²) in [6.45, 7) is 2.21. The molecule has 1 fully saturated rings. The fourth-order valence-corrected chi connectivity index (χ4v) is 1.87. The van der Waals surface area contributed by atoms with Gasteiger partial charge >= 0.3 is 0 Å². The molecule has 0 nitrogen and oxygen atoms in total. The van der Waals surface area contributed by atoms with Crippen LogP contribution in [0, 0.1) is 15.3 Å². The second-order valence-electron chi connectivity index (χ2n) is 3.49. The third-order valence-electron chi connectivity index (χ3n) is 2.48. The predicted octanol–water partition coefficient (Wildman–Crippen LogP) is 3.55. The molecule has 1 aromatic carbocycles. The fourth-order valence-electron chi connectivity index (χ4n) is 1.53. The summed E-state index contributed by atoms with van der Waals surface area (Å²) >= 11 is 2.02. The first-order chi connectivity index (χ1) is 5.68. The van der Waals surface area contributed by atoms with E-state index < -0.39 is 0 Å². The molecule has 2 atom stereocenters. The average molecular weight is 276 g/mol. The van der Waals surface area contributed by atoms with Crippen LogP contribution in [-0.2, 0) is 0 Å². The van der Waals surface area contributed by atoms with Crippen LogP contribution in [-0.4, -0.2) is 0 Å². The molecule has 12 heavy (non-hydrogen) atoms. The highest BCUT2D eigenvalue weighted by molar-refractivity contribution is 14.1. The van der Waals surface area contributed by atoms with Crippen LogP contribution >= 0.6 is 22.6 Å². The van der Waals surface area contributed by atoms with E-state index >= 15 is 0 Å². The van der Waals surface area contributed by atoms with Crippen molar-refractivity contribution in [3.8, 4) is 0 Å². The van der Waals surface area contributed by atoms with Gasteiger partial charge in [-0.05, 0) is 58.5 Å². The van der Waals surface area contributed by atoms with Gasteiger partial charge in [0.15, 0.2) is 0 Å². The van der Waals surface area contributed by atoms with Gasteiger partial charge in [0.05, 0.1) is 0 Å². The fraction of sp³-hybridized carbons (Fsp3) is 0.400. The smallest absolute Gasteiger partial charge is 0.136 e. The molecule has 0 N–H and O–H groups in total. The molecule has 2 unspecified atom stereocenters. The molecule has 0 radical (unpaired) electrons. The quantitative estimate of drug-likeness (QED) is 0.688. The molecule has 64 valence electrons. The Morgan fingerprint density at radius 2 is 2.17 bits per heavy atom. The molecule has 0 saturated heterocycles. The lowest BCUT2D eigenvalue weighted by Gasteiger charge is -1.99. The molecular weight excluding hydrogens is 266 g/mol. The maximum Gasteiger partial charge on any atom is 0.136 e. The van der Waals surface area contributed by atoms with Crippen molar-refractivity contribution in [3.63, 3.8) is 0 Å². The lowest BCUT2D eigenvalue weighted by molar-refractivity contribution is 0.617. The summed E-state index contributed by atoms with van der Waals surface area (Å²) in [5.41, 5.74) is 1.17. The second-order valence-corrected chi connectivity index (χ2v) is 4.66. The second kappa shape index (κ2) is 2.98. The van der Waals surface area contributed by atoms with E-state index in [0.717, 1.165) is 5.92 Å². The summed E-state index contributed by atoms with van der Waals surface area (Å²) in [5.74, 6) is 1.30. The first-order valence-electron chi connectivity index (χ1n) is 4.13. The van der Waals surface area contributed by atoms with E-state index in [2.05, 4.69) is 6.92 Å². The van der Waals surface area contributed by atoms with Crippen LogP contribution in [0.4, 0.5) is 4.39 Å². The van der Waals surface area contributed by atoms with Crippen molar-refractivity contribution in [2.75, 3.05) is 0 Å². The average Bonchev–Trinajstić information content (AvgIpc) is 2.73. The van der Waals surface area contributed by atoms with E-state index in [1.165, 1.54) is 12.0 Å². The molecule has 2 heteroatoms. The largest absolute Gasteiger partial charge is 0.206 e. The van der Waals surface area contributed by atoms with Crippen molar-refractivity contribution < 1.29 is 4.39 Å². The maximum absolute atomic E-state index is 13.1. The van der Waals surface area contributed by atoms with Crippen LogP contribution in [0.5, 0.6) is 0 Å². The van der Waals surface area contributed by atoms with E-state index in [1.807, 2.05) is 34.7 Å². The van der Waals surface area contributed by atoms with Crippen LogP contribution in [0.1, 0.15) is 24.8 Å². The van der Waals surface area contributed by atoms with E-state index in [4.69, 9.17) is 0 Å². The Kier molecular flexibility index (Phi) is 2.10. The van der Waals surface area contributed by atoms with Gasteiger partial charge in [-0.3, -0.25) is 0 Å². The zero-order valence-corrected chi connectivity index (χ0v) is 9.01. The van der Waals surface area contributed by atoms with Crippen molar-refractivity contribution >= 4 is 22.6 Å². The van der Waals surface area contributed by atoms with E-state index in [-0.39, 0.29) is 5.82 Å². The zero-order valence-electron chi connectivity index (χ0n) is 6.85. The molecule has 0 spiro atoms. The molecule has 2 rings (SSSR count). The van der Waals surface area contributed by atoms with Crippen LogP contribution in [0.25, 0.3) is 0 Å². The number of halogens is 2. The number of hydrogen-bond acceptors (Lipinski definition) is 0. The monoisotopic (exact) mass is 276 g/mol. The lowest BCUT2D eigenvalue weighted by atomic mass is 10.1. The molecule has 0 aliphatic heterocycles. The molecule has 1 aliphatic carbocycles. The standard InChI is InChI=1S/C10H10FI/c1-6-4-8(6)7-2-3-10(12)9(11)5-7/h2-3,5-6,8H,4H2,1H3.